The lowest BCUT2D eigenvalue weighted by Gasteiger charge is -2.57. The van der Waals surface area contributed by atoms with E-state index in [1.165, 1.54) is 0 Å². The van der Waals surface area contributed by atoms with Gasteiger partial charge in [0.05, 0.1) is 0 Å². The van der Waals surface area contributed by atoms with Crippen molar-refractivity contribution in [3.05, 3.63) is 0 Å². The molecule has 0 saturated carbocycles. The number of ether oxygens (including phenoxy) is 4. The van der Waals surface area contributed by atoms with Gasteiger partial charge in [0.15, 0.2) is 0 Å². The molecule has 0 amide bonds. The number of rotatable bonds is 2. The molecule has 1 fully saturated rings. The minimum absolute atomic E-state index is 0.326. The van der Waals surface area contributed by atoms with Gasteiger partial charge in [-0.25, -0.2) is 0 Å². The predicted molar refractivity (Wildman–Crippen MR) is 55.0 cm³/mol. The molecule has 1 aliphatic rings. The maximum atomic E-state index is 13.1. The van der Waals surface area contributed by atoms with E-state index in [0.29, 0.717) is 28.1 Å². The van der Waals surface area contributed by atoms with Crippen LogP contribution < -0.4 is 0 Å². The summed E-state index contributed by atoms with van der Waals surface area (Å²) in [5.74, 6) is -15.6. The summed E-state index contributed by atoms with van der Waals surface area (Å²) in [5.41, 5.74) is 0. The fourth-order valence-corrected chi connectivity index (χ4v) is 1.88. The Hall–Kier alpha value is -0.660. The third kappa shape index (κ3) is 2.29. The topological polar surface area (TPSA) is 77.4 Å². The quantitative estimate of drug-likeness (QED) is 0.735. The van der Waals surface area contributed by atoms with Crippen molar-refractivity contribution in [2.24, 2.45) is 0 Å². The SMILES string of the molecule is COC1(C)OC(O)(C(F)(F)F)C(C)(OC)OC1(O)C(F)(F)F. The van der Waals surface area contributed by atoms with E-state index in [1.54, 1.807) is 0 Å². The van der Waals surface area contributed by atoms with Crippen molar-refractivity contribution in [1.82, 2.24) is 0 Å². The summed E-state index contributed by atoms with van der Waals surface area (Å²) < 4.78 is 95.2. The third-order valence-corrected chi connectivity index (χ3v) is 3.46. The number of aliphatic hydroxyl groups is 2. The van der Waals surface area contributed by atoms with E-state index in [1.807, 2.05) is 0 Å². The number of hydrogen-bond acceptors (Lipinski definition) is 6. The summed E-state index contributed by atoms with van der Waals surface area (Å²) in [6.07, 6.45) is -11.3. The first-order valence-corrected chi connectivity index (χ1v) is 5.62. The third-order valence-electron chi connectivity index (χ3n) is 3.46. The van der Waals surface area contributed by atoms with Crippen LogP contribution >= 0.6 is 0 Å². The highest BCUT2D eigenvalue weighted by Gasteiger charge is 2.83. The lowest BCUT2D eigenvalue weighted by Crippen LogP contribution is -2.81. The van der Waals surface area contributed by atoms with E-state index in [-0.39, 0.29) is 0 Å². The zero-order valence-electron chi connectivity index (χ0n) is 11.8. The van der Waals surface area contributed by atoms with Gasteiger partial charge in [0, 0.05) is 14.2 Å². The van der Waals surface area contributed by atoms with Gasteiger partial charge >= 0.3 is 23.9 Å². The van der Waals surface area contributed by atoms with Crippen molar-refractivity contribution in [3.8, 4) is 0 Å². The highest BCUT2D eigenvalue weighted by molar-refractivity contribution is 5.04. The molecule has 12 heteroatoms. The number of hydrogen-bond donors (Lipinski definition) is 2. The smallest absolute Gasteiger partial charge is 0.354 e. The van der Waals surface area contributed by atoms with E-state index in [4.69, 9.17) is 0 Å². The van der Waals surface area contributed by atoms with Crippen LogP contribution in [0.3, 0.4) is 0 Å². The first-order chi connectivity index (χ1) is 9.54. The average Bonchev–Trinajstić information content (AvgIpc) is 2.33. The lowest BCUT2D eigenvalue weighted by atomic mass is 9.97. The molecule has 0 aromatic rings. The maximum absolute atomic E-state index is 13.1. The first-order valence-electron chi connectivity index (χ1n) is 5.62. The number of halogens is 6. The molecule has 132 valence electrons. The Bertz CT molecular complexity index is 401. The van der Waals surface area contributed by atoms with Crippen LogP contribution in [0.5, 0.6) is 0 Å². The molecule has 1 heterocycles. The molecule has 1 rings (SSSR count). The molecule has 0 bridgehead atoms. The molecule has 0 spiro atoms. The summed E-state index contributed by atoms with van der Waals surface area (Å²) in [4.78, 5) is 0. The Kier molecular flexibility index (Phi) is 4.33. The van der Waals surface area contributed by atoms with Crippen LogP contribution in [0.2, 0.25) is 0 Å². The molecule has 0 aromatic heterocycles. The van der Waals surface area contributed by atoms with Crippen LogP contribution in [0.4, 0.5) is 26.3 Å². The average molecular weight is 344 g/mol. The normalized spacial score (nSPS) is 44.2. The fraction of sp³-hybridized carbons (Fsp3) is 1.00. The molecule has 0 aromatic carbocycles. The van der Waals surface area contributed by atoms with Gasteiger partial charge in [-0.3, -0.25) is 0 Å². The van der Waals surface area contributed by atoms with Gasteiger partial charge < -0.3 is 29.2 Å². The zero-order valence-corrected chi connectivity index (χ0v) is 11.8. The van der Waals surface area contributed by atoms with E-state index in [0.717, 1.165) is 0 Å². The zero-order chi connectivity index (χ0) is 17.8. The van der Waals surface area contributed by atoms with Crippen molar-refractivity contribution in [2.75, 3.05) is 14.2 Å². The van der Waals surface area contributed by atoms with E-state index < -0.39 is 35.5 Å². The van der Waals surface area contributed by atoms with Crippen LogP contribution in [0.25, 0.3) is 0 Å². The monoisotopic (exact) mass is 344 g/mol. The Morgan fingerprint density at radius 1 is 0.727 bits per heavy atom. The molecule has 6 nitrogen and oxygen atoms in total. The van der Waals surface area contributed by atoms with Gasteiger partial charge in [0.2, 0.25) is 11.6 Å². The molecular weight excluding hydrogens is 330 g/mol. The van der Waals surface area contributed by atoms with Gasteiger partial charge in [-0.05, 0) is 13.8 Å². The van der Waals surface area contributed by atoms with Gasteiger partial charge in [-0.15, -0.1) is 0 Å². The van der Waals surface area contributed by atoms with Crippen molar-refractivity contribution in [2.45, 2.75) is 49.3 Å². The fourth-order valence-electron chi connectivity index (χ4n) is 1.88. The highest BCUT2D eigenvalue weighted by atomic mass is 19.4. The first kappa shape index (κ1) is 19.4. The van der Waals surface area contributed by atoms with Crippen LogP contribution in [-0.2, 0) is 18.9 Å². The van der Waals surface area contributed by atoms with Crippen LogP contribution in [-0.4, -0.2) is 59.9 Å². The standard InChI is InChI=1S/C10H14F6O6/c1-5(19-3)7(17,9(11,12)13)22-6(2,20-4)8(18,21-5)10(14,15)16/h17-18H,1-4H3. The summed E-state index contributed by atoms with van der Waals surface area (Å²) in [5, 5.41) is 19.5. The van der Waals surface area contributed by atoms with Crippen molar-refractivity contribution < 1.29 is 55.5 Å². The molecule has 4 atom stereocenters. The van der Waals surface area contributed by atoms with Gasteiger partial charge in [0.25, 0.3) is 0 Å². The molecule has 0 radical (unpaired) electrons. The largest absolute Gasteiger partial charge is 0.449 e. The molecule has 2 N–H and O–H groups in total. The van der Waals surface area contributed by atoms with Gasteiger partial charge in [-0.1, -0.05) is 0 Å². The summed E-state index contributed by atoms with van der Waals surface area (Å²) in [7, 11) is 1.07. The Labute approximate surface area is 120 Å². The maximum Gasteiger partial charge on any atom is 0.449 e. The molecule has 0 aliphatic carbocycles. The molecule has 22 heavy (non-hydrogen) atoms. The second-order valence-corrected chi connectivity index (χ2v) is 4.79. The highest BCUT2D eigenvalue weighted by Crippen LogP contribution is 2.56. The number of alkyl halides is 6. The molecule has 1 saturated heterocycles. The van der Waals surface area contributed by atoms with Crippen LogP contribution in [0.1, 0.15) is 13.8 Å². The van der Waals surface area contributed by atoms with Gasteiger partial charge in [-0.2, -0.15) is 26.3 Å². The number of methoxy groups -OCH3 is 2. The van der Waals surface area contributed by atoms with E-state index >= 15 is 0 Å². The van der Waals surface area contributed by atoms with E-state index in [2.05, 4.69) is 18.9 Å². The Morgan fingerprint density at radius 3 is 1.09 bits per heavy atom. The minimum Gasteiger partial charge on any atom is -0.354 e. The van der Waals surface area contributed by atoms with Crippen LogP contribution in [0, 0.1) is 0 Å². The Morgan fingerprint density at radius 2 is 0.955 bits per heavy atom. The van der Waals surface area contributed by atoms with Gasteiger partial charge in [0.1, 0.15) is 0 Å². The summed E-state index contributed by atoms with van der Waals surface area (Å²) in [6, 6.07) is 0. The summed E-state index contributed by atoms with van der Waals surface area (Å²) >= 11 is 0. The molecular formula is C10H14F6O6. The van der Waals surface area contributed by atoms with Crippen molar-refractivity contribution >= 4 is 0 Å². The van der Waals surface area contributed by atoms with Crippen molar-refractivity contribution in [1.29, 1.82) is 0 Å². The van der Waals surface area contributed by atoms with Crippen LogP contribution in [0.15, 0.2) is 0 Å². The van der Waals surface area contributed by atoms with E-state index in [9.17, 15) is 36.6 Å². The second-order valence-electron chi connectivity index (χ2n) is 4.79. The second kappa shape index (κ2) is 4.92. The summed E-state index contributed by atoms with van der Waals surface area (Å²) in [6.45, 7) is 0.652. The minimum atomic E-state index is -5.63. The predicted octanol–water partition coefficient (Wildman–Crippen LogP) is 1.26. The molecule has 4 unspecified atom stereocenters. The Balaban J connectivity index is 3.59. The lowest BCUT2D eigenvalue weighted by molar-refractivity contribution is -0.618. The van der Waals surface area contributed by atoms with Crippen molar-refractivity contribution in [3.63, 3.8) is 0 Å². The molecule has 1 aliphatic heterocycles.